The average Bonchev–Trinajstić information content (AvgIpc) is 3.34. The van der Waals surface area contributed by atoms with E-state index >= 15 is 0 Å². The van der Waals surface area contributed by atoms with E-state index in [1.807, 2.05) is 13.8 Å². The molecule has 0 heterocycles. The van der Waals surface area contributed by atoms with Gasteiger partial charge in [-0.3, -0.25) is 0 Å². The summed E-state index contributed by atoms with van der Waals surface area (Å²) in [5.74, 6) is 0.694. The molecule has 0 nitrogen and oxygen atoms in total. The molecule has 3 aliphatic carbocycles. The third-order valence-electron chi connectivity index (χ3n) is 8.89. The van der Waals surface area contributed by atoms with Crippen LogP contribution >= 0.6 is 0 Å². The molecule has 0 spiro atoms. The standard InChI is InChI=1S/C42H40.C2H6/c1-26(2)33-22-23-35-37-21-13-20-36-34-19-11-10-17-32(34)25-39(42(36)37)38(35)24-29(6)40(27(3)4)30(7)41(33)31-16-9-8-14-28(5)15-12-18-31;1-2/h8-21,23-27H,5-6,22H2,1-4,7H3;1-2H3/b14-8-,15-12-,16-9+,31-18+,35-23-,38-24+,40-30-,41-33-;. The maximum absolute atomic E-state index is 4.74. The zero-order valence-corrected chi connectivity index (χ0v) is 27.6. The second-order valence-electron chi connectivity index (χ2n) is 12.3. The maximum Gasteiger partial charge on any atom is -0.00200 e. The Morgan fingerprint density at radius 3 is 2.18 bits per heavy atom. The van der Waals surface area contributed by atoms with Gasteiger partial charge in [0.05, 0.1) is 0 Å². The molecule has 0 heteroatoms. The summed E-state index contributed by atoms with van der Waals surface area (Å²) < 4.78 is 0. The van der Waals surface area contributed by atoms with Crippen LogP contribution in [0.2, 0.25) is 0 Å². The van der Waals surface area contributed by atoms with Crippen LogP contribution in [-0.2, 0) is 0 Å². The average molecular weight is 575 g/mol. The van der Waals surface area contributed by atoms with E-state index in [0.717, 1.165) is 17.6 Å². The van der Waals surface area contributed by atoms with Crippen molar-refractivity contribution in [3.63, 3.8) is 0 Å². The predicted octanol–water partition coefficient (Wildman–Crippen LogP) is 12.8. The number of benzene rings is 3. The van der Waals surface area contributed by atoms with Crippen molar-refractivity contribution >= 4 is 32.7 Å². The number of hydrogen-bond acceptors (Lipinski definition) is 0. The van der Waals surface area contributed by atoms with Crippen molar-refractivity contribution in [2.75, 3.05) is 0 Å². The normalized spacial score (nSPS) is 25.9. The van der Waals surface area contributed by atoms with Gasteiger partial charge in [0.25, 0.3) is 0 Å². The van der Waals surface area contributed by atoms with E-state index in [2.05, 4.69) is 144 Å². The first-order valence-electron chi connectivity index (χ1n) is 16.2. The van der Waals surface area contributed by atoms with E-state index in [1.165, 1.54) is 71.7 Å². The van der Waals surface area contributed by atoms with Crippen LogP contribution in [0.3, 0.4) is 0 Å². The highest BCUT2D eigenvalue weighted by Gasteiger charge is 2.28. The molecule has 0 amide bonds. The Balaban J connectivity index is 0.00000188. The Morgan fingerprint density at radius 1 is 0.727 bits per heavy atom. The molecule has 6 rings (SSSR count). The van der Waals surface area contributed by atoms with Crippen molar-refractivity contribution in [3.8, 4) is 0 Å². The second-order valence-corrected chi connectivity index (χ2v) is 12.3. The van der Waals surface area contributed by atoms with Crippen LogP contribution in [-0.4, -0.2) is 0 Å². The fourth-order valence-electron chi connectivity index (χ4n) is 7.07. The first-order valence-corrected chi connectivity index (χ1v) is 16.2. The van der Waals surface area contributed by atoms with Crippen molar-refractivity contribution in [1.29, 1.82) is 0 Å². The lowest BCUT2D eigenvalue weighted by atomic mass is 9.79. The lowest BCUT2D eigenvalue weighted by Crippen LogP contribution is -2.09. The van der Waals surface area contributed by atoms with Crippen molar-refractivity contribution in [3.05, 3.63) is 167 Å². The van der Waals surface area contributed by atoms with Gasteiger partial charge in [-0.05, 0) is 115 Å². The highest BCUT2D eigenvalue weighted by Crippen LogP contribution is 2.50. The summed E-state index contributed by atoms with van der Waals surface area (Å²) in [5, 5.41) is 5.29. The van der Waals surface area contributed by atoms with Crippen LogP contribution in [0.25, 0.3) is 32.7 Å². The lowest BCUT2D eigenvalue weighted by Gasteiger charge is -2.26. The van der Waals surface area contributed by atoms with Crippen LogP contribution in [0.4, 0.5) is 0 Å². The number of hydrogen-bond donors (Lipinski definition) is 0. The summed E-state index contributed by atoms with van der Waals surface area (Å²) in [6.45, 7) is 24.5. The molecule has 0 atom stereocenters. The molecule has 0 saturated carbocycles. The van der Waals surface area contributed by atoms with Gasteiger partial charge in [0, 0.05) is 0 Å². The van der Waals surface area contributed by atoms with Gasteiger partial charge in [-0.25, -0.2) is 0 Å². The molecule has 222 valence electrons. The first-order chi connectivity index (χ1) is 21.3. The molecule has 0 radical (unpaired) electrons. The summed E-state index contributed by atoms with van der Waals surface area (Å²) in [6.07, 6.45) is 20.7. The largest absolute Gasteiger partial charge is 0.0918 e. The maximum atomic E-state index is 4.74. The number of fused-ring (bicyclic) bond motifs is 5. The number of allylic oxidation sites excluding steroid dienone is 18. The second kappa shape index (κ2) is 13.1. The van der Waals surface area contributed by atoms with Crippen LogP contribution < -0.4 is 0 Å². The van der Waals surface area contributed by atoms with E-state index in [4.69, 9.17) is 6.58 Å². The van der Waals surface area contributed by atoms with Gasteiger partial charge < -0.3 is 0 Å². The van der Waals surface area contributed by atoms with E-state index < -0.39 is 0 Å². The van der Waals surface area contributed by atoms with Gasteiger partial charge >= 0.3 is 0 Å². The minimum atomic E-state index is 0.321. The van der Waals surface area contributed by atoms with Gasteiger partial charge in [0.15, 0.2) is 0 Å². The van der Waals surface area contributed by atoms with Crippen molar-refractivity contribution < 1.29 is 0 Å². The molecule has 3 aromatic carbocycles. The molecular formula is C44H46. The molecular weight excluding hydrogens is 528 g/mol. The molecule has 0 aromatic heterocycles. The quantitative estimate of drug-likeness (QED) is 0.273. The third-order valence-corrected chi connectivity index (χ3v) is 8.89. The molecule has 0 bridgehead atoms. The number of rotatable bonds is 3. The van der Waals surface area contributed by atoms with Gasteiger partial charge in [0.2, 0.25) is 0 Å². The summed E-state index contributed by atoms with van der Waals surface area (Å²) in [4.78, 5) is 0. The van der Waals surface area contributed by atoms with Crippen LogP contribution in [0, 0.1) is 11.8 Å². The summed E-state index contributed by atoms with van der Waals surface area (Å²) in [7, 11) is 0. The molecule has 0 fully saturated rings. The van der Waals surface area contributed by atoms with Crippen molar-refractivity contribution in [2.45, 2.75) is 54.9 Å². The molecule has 0 N–H and O–H groups in total. The highest BCUT2D eigenvalue weighted by molar-refractivity contribution is 6.27. The van der Waals surface area contributed by atoms with Gasteiger partial charge in [-0.15, -0.1) is 0 Å². The van der Waals surface area contributed by atoms with E-state index in [-0.39, 0.29) is 0 Å². The minimum Gasteiger partial charge on any atom is -0.0918 e. The molecule has 0 unspecified atom stereocenters. The summed E-state index contributed by atoms with van der Waals surface area (Å²) in [5.41, 5.74) is 14.0. The summed E-state index contributed by atoms with van der Waals surface area (Å²) >= 11 is 0. The summed E-state index contributed by atoms with van der Waals surface area (Å²) in [6, 6.07) is 18.0. The monoisotopic (exact) mass is 574 g/mol. The SMILES string of the molecule is C=C1\C=C/C=C/C(C2=C(\C(C)C)C/C=C3\C(=C/C(=C)/C(C(C)C)=C\2C)c2cc4ccccc4c4cccc3c24)=C\C=C/1.CC. The Labute approximate surface area is 265 Å². The fourth-order valence-corrected chi connectivity index (χ4v) is 7.07. The lowest BCUT2D eigenvalue weighted by molar-refractivity contribution is 0.732. The predicted molar refractivity (Wildman–Crippen MR) is 197 cm³/mol. The topological polar surface area (TPSA) is 0 Å². The van der Waals surface area contributed by atoms with Gasteiger partial charge in [-0.1, -0.05) is 151 Å². The van der Waals surface area contributed by atoms with E-state index in [0.29, 0.717) is 11.8 Å². The van der Waals surface area contributed by atoms with Crippen LogP contribution in [0.1, 0.15) is 66.0 Å². The van der Waals surface area contributed by atoms with Gasteiger partial charge in [0.1, 0.15) is 0 Å². The van der Waals surface area contributed by atoms with Crippen LogP contribution in [0.5, 0.6) is 0 Å². The Kier molecular flexibility index (Phi) is 9.21. The molecule has 44 heavy (non-hydrogen) atoms. The molecule has 0 saturated heterocycles. The smallest absolute Gasteiger partial charge is 0.00200 e. The van der Waals surface area contributed by atoms with Crippen molar-refractivity contribution in [2.24, 2.45) is 11.8 Å². The Hall–Kier alpha value is -4.42. The Morgan fingerprint density at radius 2 is 1.43 bits per heavy atom. The third kappa shape index (κ3) is 5.62. The van der Waals surface area contributed by atoms with Gasteiger partial charge in [-0.2, -0.15) is 0 Å². The fraction of sp³-hybridized carbons (Fsp3) is 0.227. The molecule has 0 aliphatic heterocycles. The molecule has 3 aliphatic rings. The van der Waals surface area contributed by atoms with E-state index in [9.17, 15) is 0 Å². The zero-order chi connectivity index (χ0) is 31.5. The van der Waals surface area contributed by atoms with Crippen LogP contribution in [0.15, 0.2) is 155 Å². The van der Waals surface area contributed by atoms with Crippen molar-refractivity contribution in [1.82, 2.24) is 0 Å². The minimum absolute atomic E-state index is 0.321. The Bertz CT molecular complexity index is 1910. The molecule has 3 aromatic rings. The zero-order valence-electron chi connectivity index (χ0n) is 27.6. The van der Waals surface area contributed by atoms with E-state index in [1.54, 1.807) is 0 Å². The highest BCUT2D eigenvalue weighted by atomic mass is 14.3. The first kappa shape index (κ1) is 31.0.